The molecule has 0 saturated carbocycles. The Balaban J connectivity index is 2.14. The largest absolute Gasteiger partial charge is 0.323 e. The molecule has 1 aromatic rings. The van der Waals surface area contributed by atoms with Crippen molar-refractivity contribution in [1.82, 2.24) is 4.90 Å². The molecule has 0 spiro atoms. The van der Waals surface area contributed by atoms with Crippen LogP contribution in [0.15, 0.2) is 24.3 Å². The molecule has 1 aliphatic heterocycles. The molecule has 0 aromatic heterocycles. The van der Waals surface area contributed by atoms with Crippen LogP contribution in [-0.4, -0.2) is 36.0 Å². The fourth-order valence-corrected chi connectivity index (χ4v) is 3.47. The molecule has 1 fully saturated rings. The topological polar surface area (TPSA) is 29.3 Å². The monoisotopic (exact) mass is 236 g/mol. The quantitative estimate of drug-likeness (QED) is 0.852. The van der Waals surface area contributed by atoms with Crippen molar-refractivity contribution in [2.75, 3.05) is 25.1 Å². The van der Waals surface area contributed by atoms with Crippen LogP contribution in [0.3, 0.4) is 0 Å². The zero-order chi connectivity index (χ0) is 11.5. The lowest BCUT2D eigenvalue weighted by Crippen LogP contribution is -2.46. The van der Waals surface area contributed by atoms with Crippen molar-refractivity contribution in [2.24, 2.45) is 5.73 Å². The van der Waals surface area contributed by atoms with Gasteiger partial charge in [0.15, 0.2) is 0 Å². The molecule has 3 heteroatoms. The van der Waals surface area contributed by atoms with Crippen LogP contribution in [0.25, 0.3) is 0 Å². The van der Waals surface area contributed by atoms with Crippen LogP contribution in [0.1, 0.15) is 17.2 Å². The molecule has 0 radical (unpaired) electrons. The number of hydrogen-bond acceptors (Lipinski definition) is 3. The van der Waals surface area contributed by atoms with E-state index in [4.69, 9.17) is 5.73 Å². The highest BCUT2D eigenvalue weighted by Gasteiger charge is 2.26. The Morgan fingerprint density at radius 2 is 2.31 bits per heavy atom. The van der Waals surface area contributed by atoms with E-state index in [2.05, 4.69) is 43.1 Å². The van der Waals surface area contributed by atoms with E-state index >= 15 is 0 Å². The number of likely N-dealkylation sites (N-methyl/N-ethyl adjacent to an activating group) is 1. The molecule has 1 aromatic carbocycles. The van der Waals surface area contributed by atoms with Crippen molar-refractivity contribution in [2.45, 2.75) is 19.0 Å². The lowest BCUT2D eigenvalue weighted by Gasteiger charge is -2.36. The maximum Gasteiger partial charge on any atom is 0.0461 e. The highest BCUT2D eigenvalue weighted by molar-refractivity contribution is 7.99. The van der Waals surface area contributed by atoms with Crippen molar-refractivity contribution >= 4 is 11.8 Å². The maximum atomic E-state index is 6.37. The van der Waals surface area contributed by atoms with Gasteiger partial charge in [-0.2, -0.15) is 11.8 Å². The highest BCUT2D eigenvalue weighted by Crippen LogP contribution is 2.25. The van der Waals surface area contributed by atoms with Gasteiger partial charge in [0.2, 0.25) is 0 Å². The number of nitrogens with two attached hydrogens (primary N) is 1. The Morgan fingerprint density at radius 3 is 3.00 bits per heavy atom. The van der Waals surface area contributed by atoms with Gasteiger partial charge in [-0.3, -0.25) is 4.90 Å². The minimum atomic E-state index is 0.137. The Kier molecular flexibility index (Phi) is 3.90. The molecule has 2 rings (SSSR count). The first-order valence-corrected chi connectivity index (χ1v) is 6.94. The van der Waals surface area contributed by atoms with E-state index in [9.17, 15) is 0 Å². The fraction of sp³-hybridized carbons (Fsp3) is 0.538. The first kappa shape index (κ1) is 12.0. The van der Waals surface area contributed by atoms with Crippen molar-refractivity contribution in [3.8, 4) is 0 Å². The molecular formula is C13H20N2S. The van der Waals surface area contributed by atoms with Crippen molar-refractivity contribution in [3.05, 3.63) is 35.4 Å². The first-order chi connectivity index (χ1) is 7.68. The van der Waals surface area contributed by atoms with Crippen LogP contribution in [0, 0.1) is 6.92 Å². The molecule has 0 aliphatic carbocycles. The molecule has 1 heterocycles. The summed E-state index contributed by atoms with van der Waals surface area (Å²) >= 11 is 2.01. The molecular weight excluding hydrogens is 216 g/mol. The second kappa shape index (κ2) is 5.21. The average molecular weight is 236 g/mol. The van der Waals surface area contributed by atoms with Gasteiger partial charge >= 0.3 is 0 Å². The Labute approximate surface area is 102 Å². The molecule has 2 nitrogen and oxygen atoms in total. The zero-order valence-corrected chi connectivity index (χ0v) is 10.8. The third-order valence-corrected chi connectivity index (χ3v) is 4.33. The second-order valence-electron chi connectivity index (χ2n) is 4.56. The normalized spacial score (nSPS) is 24.3. The summed E-state index contributed by atoms with van der Waals surface area (Å²) in [7, 11) is 2.18. The van der Waals surface area contributed by atoms with Gasteiger partial charge in [-0.05, 0) is 19.5 Å². The van der Waals surface area contributed by atoms with Gasteiger partial charge in [0.05, 0.1) is 0 Å². The van der Waals surface area contributed by atoms with Crippen LogP contribution in [0.4, 0.5) is 0 Å². The minimum absolute atomic E-state index is 0.137. The van der Waals surface area contributed by atoms with Gasteiger partial charge in [-0.1, -0.05) is 29.8 Å². The van der Waals surface area contributed by atoms with Crippen LogP contribution in [-0.2, 0) is 0 Å². The summed E-state index contributed by atoms with van der Waals surface area (Å²) in [6.07, 6.45) is 0. The number of hydrogen-bond donors (Lipinski definition) is 1. The molecule has 1 aliphatic rings. The van der Waals surface area contributed by atoms with E-state index < -0.39 is 0 Å². The first-order valence-electron chi connectivity index (χ1n) is 5.78. The van der Waals surface area contributed by atoms with E-state index in [-0.39, 0.29) is 6.04 Å². The molecule has 88 valence electrons. The Hall–Kier alpha value is -0.510. The van der Waals surface area contributed by atoms with Crippen molar-refractivity contribution < 1.29 is 0 Å². The summed E-state index contributed by atoms with van der Waals surface area (Å²) in [5.74, 6) is 2.37. The molecule has 0 amide bonds. The molecule has 1 saturated heterocycles. The third-order valence-electron chi connectivity index (χ3n) is 3.28. The van der Waals surface area contributed by atoms with Gasteiger partial charge in [-0.25, -0.2) is 0 Å². The van der Waals surface area contributed by atoms with Crippen molar-refractivity contribution in [3.63, 3.8) is 0 Å². The van der Waals surface area contributed by atoms with Gasteiger partial charge in [-0.15, -0.1) is 0 Å². The third kappa shape index (κ3) is 2.59. The van der Waals surface area contributed by atoms with Crippen LogP contribution < -0.4 is 5.73 Å². The average Bonchev–Trinajstić information content (AvgIpc) is 2.29. The zero-order valence-electron chi connectivity index (χ0n) is 10.0. The molecule has 0 bridgehead atoms. The van der Waals surface area contributed by atoms with E-state index in [0.29, 0.717) is 6.04 Å². The summed E-state index contributed by atoms with van der Waals surface area (Å²) in [5.41, 5.74) is 8.93. The van der Waals surface area contributed by atoms with E-state index in [1.54, 1.807) is 0 Å². The summed E-state index contributed by atoms with van der Waals surface area (Å²) < 4.78 is 0. The SMILES string of the molecule is Cc1cccc(C(N)C2CSCCN2C)c1. The molecule has 16 heavy (non-hydrogen) atoms. The highest BCUT2D eigenvalue weighted by atomic mass is 32.2. The number of nitrogens with zero attached hydrogens (tertiary/aromatic N) is 1. The van der Waals surface area contributed by atoms with Gasteiger partial charge < -0.3 is 5.73 Å². The summed E-state index contributed by atoms with van der Waals surface area (Å²) in [4.78, 5) is 2.39. The number of aryl methyl sites for hydroxylation is 1. The van der Waals surface area contributed by atoms with Crippen LogP contribution >= 0.6 is 11.8 Å². The number of thioether (sulfide) groups is 1. The number of rotatable bonds is 2. The van der Waals surface area contributed by atoms with E-state index in [1.165, 1.54) is 16.9 Å². The van der Waals surface area contributed by atoms with E-state index in [0.717, 1.165) is 12.3 Å². The smallest absolute Gasteiger partial charge is 0.0461 e. The number of benzene rings is 1. The second-order valence-corrected chi connectivity index (χ2v) is 5.71. The predicted molar refractivity (Wildman–Crippen MR) is 71.9 cm³/mol. The lowest BCUT2D eigenvalue weighted by molar-refractivity contribution is 0.237. The van der Waals surface area contributed by atoms with Crippen LogP contribution in [0.2, 0.25) is 0 Å². The molecule has 2 N–H and O–H groups in total. The minimum Gasteiger partial charge on any atom is -0.323 e. The van der Waals surface area contributed by atoms with E-state index in [1.807, 2.05) is 11.8 Å². The van der Waals surface area contributed by atoms with Gasteiger partial charge in [0, 0.05) is 30.1 Å². The Bertz CT molecular complexity index is 354. The van der Waals surface area contributed by atoms with Crippen LogP contribution in [0.5, 0.6) is 0 Å². The Morgan fingerprint density at radius 1 is 1.50 bits per heavy atom. The fourth-order valence-electron chi connectivity index (χ4n) is 2.18. The lowest BCUT2D eigenvalue weighted by atomic mass is 9.98. The molecule has 2 unspecified atom stereocenters. The standard InChI is InChI=1S/C13H20N2S/c1-10-4-3-5-11(8-10)13(14)12-9-16-7-6-15(12)2/h3-5,8,12-13H,6-7,9,14H2,1-2H3. The van der Waals surface area contributed by atoms with Gasteiger partial charge in [0.1, 0.15) is 0 Å². The van der Waals surface area contributed by atoms with Crippen molar-refractivity contribution in [1.29, 1.82) is 0 Å². The molecule has 2 atom stereocenters. The summed E-state index contributed by atoms with van der Waals surface area (Å²) in [6, 6.07) is 9.18. The summed E-state index contributed by atoms with van der Waals surface area (Å²) in [5, 5.41) is 0. The predicted octanol–water partition coefficient (Wildman–Crippen LogP) is 2.04. The summed E-state index contributed by atoms with van der Waals surface area (Å²) in [6.45, 7) is 3.27. The maximum absolute atomic E-state index is 6.37. The van der Waals surface area contributed by atoms with Gasteiger partial charge in [0.25, 0.3) is 0 Å².